The maximum atomic E-state index is 11.8. The number of hydrazone groups is 1. The first kappa shape index (κ1) is 18.1. The number of phenols is 1. The fourth-order valence-electron chi connectivity index (χ4n) is 2.13. The second-order valence-electron chi connectivity index (χ2n) is 5.08. The summed E-state index contributed by atoms with van der Waals surface area (Å²) >= 11 is 0. The van der Waals surface area contributed by atoms with E-state index in [-0.39, 0.29) is 12.4 Å². The van der Waals surface area contributed by atoms with E-state index >= 15 is 0 Å². The van der Waals surface area contributed by atoms with Gasteiger partial charge >= 0.3 is 0 Å². The molecule has 2 rings (SSSR count). The van der Waals surface area contributed by atoms with Gasteiger partial charge in [-0.3, -0.25) is 4.79 Å². The number of benzene rings is 2. The molecule has 0 heterocycles. The largest absolute Gasteiger partial charge is 0.504 e. The van der Waals surface area contributed by atoms with Crippen LogP contribution in [0.1, 0.15) is 11.1 Å². The zero-order valence-electron chi connectivity index (χ0n) is 13.9. The lowest BCUT2D eigenvalue weighted by atomic mass is 10.1. The number of nitrogens with zero attached hydrogens (tertiary/aromatic N) is 1. The molecule has 0 radical (unpaired) electrons. The number of carbonyl (C=O) groups is 1. The van der Waals surface area contributed by atoms with Crippen molar-refractivity contribution in [3.05, 3.63) is 66.2 Å². The zero-order chi connectivity index (χ0) is 18.1. The van der Waals surface area contributed by atoms with E-state index in [4.69, 9.17) is 9.47 Å². The van der Waals surface area contributed by atoms with E-state index in [0.29, 0.717) is 23.5 Å². The van der Waals surface area contributed by atoms with Crippen LogP contribution in [0.2, 0.25) is 0 Å². The van der Waals surface area contributed by atoms with Crippen molar-refractivity contribution in [3.8, 4) is 17.2 Å². The number of phenolic OH excluding ortho intramolecular Hbond substituents is 1. The predicted octanol–water partition coefficient (Wildman–Crippen LogP) is 2.66. The highest BCUT2D eigenvalue weighted by atomic mass is 16.5. The lowest BCUT2D eigenvalue weighted by Gasteiger charge is -2.09. The molecule has 6 nitrogen and oxygen atoms in total. The van der Waals surface area contributed by atoms with Crippen LogP contribution in [0.5, 0.6) is 17.2 Å². The molecule has 130 valence electrons. The number of nitrogens with one attached hydrogen (secondary N) is 1. The van der Waals surface area contributed by atoms with Crippen LogP contribution in [0.4, 0.5) is 0 Å². The fraction of sp³-hybridized carbons (Fsp3) is 0.158. The van der Waals surface area contributed by atoms with Crippen molar-refractivity contribution in [1.29, 1.82) is 0 Å². The highest BCUT2D eigenvalue weighted by molar-refractivity contribution is 5.86. The van der Waals surface area contributed by atoms with Gasteiger partial charge in [-0.1, -0.05) is 30.3 Å². The molecule has 0 spiro atoms. The highest BCUT2D eigenvalue weighted by Gasteiger charge is 2.07. The van der Waals surface area contributed by atoms with E-state index in [9.17, 15) is 9.90 Å². The Morgan fingerprint density at radius 1 is 1.24 bits per heavy atom. The monoisotopic (exact) mass is 340 g/mol. The van der Waals surface area contributed by atoms with Crippen LogP contribution in [0.15, 0.2) is 60.2 Å². The lowest BCUT2D eigenvalue weighted by Crippen LogP contribution is -2.24. The van der Waals surface area contributed by atoms with Gasteiger partial charge in [0.2, 0.25) is 0 Å². The van der Waals surface area contributed by atoms with E-state index in [2.05, 4.69) is 17.1 Å². The third-order valence-electron chi connectivity index (χ3n) is 3.34. The number of carbonyl (C=O) groups excluding carboxylic acids is 1. The second-order valence-corrected chi connectivity index (χ2v) is 5.08. The number of ether oxygens (including phenoxy) is 2. The minimum Gasteiger partial charge on any atom is -0.504 e. The van der Waals surface area contributed by atoms with Crippen LogP contribution in [-0.2, 0) is 11.2 Å². The summed E-state index contributed by atoms with van der Waals surface area (Å²) in [6.07, 6.45) is 3.76. The molecule has 0 saturated carbocycles. The second kappa shape index (κ2) is 9.12. The molecule has 0 aliphatic carbocycles. The van der Waals surface area contributed by atoms with Gasteiger partial charge < -0.3 is 14.6 Å². The number of hydrogen-bond acceptors (Lipinski definition) is 5. The van der Waals surface area contributed by atoms with E-state index in [1.54, 1.807) is 30.3 Å². The molecule has 2 N–H and O–H groups in total. The molecule has 0 bridgehead atoms. The molecular weight excluding hydrogens is 320 g/mol. The van der Waals surface area contributed by atoms with Crippen LogP contribution in [0.25, 0.3) is 0 Å². The number of hydrogen-bond donors (Lipinski definition) is 2. The molecule has 0 aliphatic heterocycles. The molecule has 1 amide bonds. The number of rotatable bonds is 8. The third kappa shape index (κ3) is 5.10. The van der Waals surface area contributed by atoms with Gasteiger partial charge in [0.1, 0.15) is 5.75 Å². The number of aromatic hydroxyl groups is 1. The summed E-state index contributed by atoms with van der Waals surface area (Å²) in [7, 11) is 1.46. The summed E-state index contributed by atoms with van der Waals surface area (Å²) in [6, 6.07) is 12.4. The van der Waals surface area contributed by atoms with Crippen molar-refractivity contribution in [2.24, 2.45) is 5.10 Å². The van der Waals surface area contributed by atoms with Crippen molar-refractivity contribution in [1.82, 2.24) is 5.43 Å². The van der Waals surface area contributed by atoms with Gasteiger partial charge in [0.15, 0.2) is 18.1 Å². The van der Waals surface area contributed by atoms with Crippen LogP contribution >= 0.6 is 0 Å². The van der Waals surface area contributed by atoms with Crippen molar-refractivity contribution in [3.63, 3.8) is 0 Å². The molecule has 2 aromatic rings. The Labute approximate surface area is 146 Å². The third-order valence-corrected chi connectivity index (χ3v) is 3.34. The summed E-state index contributed by atoms with van der Waals surface area (Å²) in [4.78, 5) is 11.8. The Morgan fingerprint density at radius 3 is 2.76 bits per heavy atom. The van der Waals surface area contributed by atoms with Gasteiger partial charge in [-0.25, -0.2) is 5.43 Å². The SMILES string of the molecule is C=CCc1ccccc1OCC(=O)N/N=C\c1cccc(OC)c1O. The first-order valence-electron chi connectivity index (χ1n) is 7.65. The van der Waals surface area contributed by atoms with Crippen molar-refractivity contribution in [2.75, 3.05) is 13.7 Å². The maximum Gasteiger partial charge on any atom is 0.277 e. The topological polar surface area (TPSA) is 80.2 Å². The first-order valence-corrected chi connectivity index (χ1v) is 7.65. The number of amides is 1. The van der Waals surface area contributed by atoms with E-state index < -0.39 is 5.91 Å². The van der Waals surface area contributed by atoms with Gasteiger partial charge in [0.25, 0.3) is 5.91 Å². The van der Waals surface area contributed by atoms with Crippen LogP contribution in [-0.4, -0.2) is 30.9 Å². The molecular formula is C19H20N2O4. The quantitative estimate of drug-likeness (QED) is 0.440. The van der Waals surface area contributed by atoms with Crippen molar-refractivity contribution >= 4 is 12.1 Å². The minimum atomic E-state index is -0.410. The Kier molecular flexibility index (Phi) is 6.59. The normalized spacial score (nSPS) is 10.4. The summed E-state index contributed by atoms with van der Waals surface area (Å²) < 4.78 is 10.5. The van der Waals surface area contributed by atoms with Gasteiger partial charge in [0.05, 0.1) is 13.3 Å². The van der Waals surface area contributed by atoms with Crippen LogP contribution < -0.4 is 14.9 Å². The Morgan fingerprint density at radius 2 is 2.00 bits per heavy atom. The average Bonchev–Trinajstić information content (AvgIpc) is 2.62. The fourth-order valence-corrected chi connectivity index (χ4v) is 2.13. The number of methoxy groups -OCH3 is 1. The predicted molar refractivity (Wildman–Crippen MR) is 96.2 cm³/mol. The summed E-state index contributed by atoms with van der Waals surface area (Å²) in [6.45, 7) is 3.53. The van der Waals surface area contributed by atoms with Gasteiger partial charge in [-0.2, -0.15) is 5.10 Å². The van der Waals surface area contributed by atoms with Gasteiger partial charge in [-0.05, 0) is 30.2 Å². The molecule has 0 atom stereocenters. The smallest absolute Gasteiger partial charge is 0.277 e. The Hall–Kier alpha value is -3.28. The number of allylic oxidation sites excluding steroid dienone is 1. The Balaban J connectivity index is 1.90. The average molecular weight is 340 g/mol. The molecule has 0 aliphatic rings. The molecule has 2 aromatic carbocycles. The summed E-state index contributed by atoms with van der Waals surface area (Å²) in [5.41, 5.74) is 3.73. The molecule has 0 aromatic heterocycles. The molecule has 0 fully saturated rings. The summed E-state index contributed by atoms with van der Waals surface area (Å²) in [5.74, 6) is 0.508. The van der Waals surface area contributed by atoms with Crippen LogP contribution in [0, 0.1) is 0 Å². The van der Waals surface area contributed by atoms with Gasteiger partial charge in [-0.15, -0.1) is 6.58 Å². The van der Waals surface area contributed by atoms with Gasteiger partial charge in [0, 0.05) is 5.56 Å². The van der Waals surface area contributed by atoms with E-state index in [1.807, 2.05) is 18.2 Å². The number of para-hydroxylation sites is 2. The highest BCUT2D eigenvalue weighted by Crippen LogP contribution is 2.27. The van der Waals surface area contributed by atoms with Crippen molar-refractivity contribution < 1.29 is 19.4 Å². The lowest BCUT2D eigenvalue weighted by molar-refractivity contribution is -0.123. The summed E-state index contributed by atoms with van der Waals surface area (Å²) in [5, 5.41) is 13.7. The molecule has 0 unspecified atom stereocenters. The first-order chi connectivity index (χ1) is 12.2. The zero-order valence-corrected chi connectivity index (χ0v) is 13.9. The maximum absolute atomic E-state index is 11.8. The molecule has 25 heavy (non-hydrogen) atoms. The standard InChI is InChI=1S/C19H20N2O4/c1-3-7-14-8-4-5-10-16(14)25-13-18(22)21-20-12-15-9-6-11-17(24-2)19(15)23/h3-6,8-12,23H,1,7,13H2,2H3,(H,21,22)/b20-12-. The van der Waals surface area contributed by atoms with E-state index in [0.717, 1.165) is 5.56 Å². The molecule has 0 saturated heterocycles. The van der Waals surface area contributed by atoms with Crippen LogP contribution in [0.3, 0.4) is 0 Å². The minimum absolute atomic E-state index is 0.0439. The van der Waals surface area contributed by atoms with E-state index in [1.165, 1.54) is 13.3 Å². The Bertz CT molecular complexity index is 772. The van der Waals surface area contributed by atoms with Crippen molar-refractivity contribution in [2.45, 2.75) is 6.42 Å². The molecule has 6 heteroatoms.